The van der Waals surface area contributed by atoms with E-state index in [1.807, 2.05) is 6.07 Å². The van der Waals surface area contributed by atoms with Crippen LogP contribution in [0.2, 0.25) is 0 Å². The predicted octanol–water partition coefficient (Wildman–Crippen LogP) is 4.79. The Balaban J connectivity index is 1.94. The molecule has 0 radical (unpaired) electrons. The molecular weight excluding hydrogens is 264 g/mol. The Hall–Kier alpha value is -1.77. The molecule has 0 aliphatic heterocycles. The molecule has 0 fully saturated rings. The summed E-state index contributed by atoms with van der Waals surface area (Å²) in [6, 6.07) is 7.11. The second kappa shape index (κ2) is 7.87. The predicted molar refractivity (Wildman–Crippen MR) is 85.8 cm³/mol. The number of fused-ring (bicyclic) bond motifs is 1. The Labute approximate surface area is 125 Å². The first-order valence-electron chi connectivity index (χ1n) is 7.97. The van der Waals surface area contributed by atoms with Crippen LogP contribution in [0.25, 0.3) is 11.0 Å². The zero-order valence-corrected chi connectivity index (χ0v) is 12.7. The number of benzene rings is 1. The average molecular weight is 288 g/mol. The first-order chi connectivity index (χ1) is 10.2. The molecule has 0 aliphatic carbocycles. The summed E-state index contributed by atoms with van der Waals surface area (Å²) in [4.78, 5) is 11.9. The molecule has 114 valence electrons. The molecular formula is C18H24O3. The molecule has 0 aliphatic rings. The van der Waals surface area contributed by atoms with Gasteiger partial charge in [-0.3, -0.25) is 0 Å². The van der Waals surface area contributed by atoms with Crippen molar-refractivity contribution >= 4 is 11.0 Å². The van der Waals surface area contributed by atoms with Crippen molar-refractivity contribution in [3.05, 3.63) is 40.2 Å². The molecule has 0 unspecified atom stereocenters. The van der Waals surface area contributed by atoms with Crippen molar-refractivity contribution in [1.82, 2.24) is 0 Å². The molecule has 0 amide bonds. The summed E-state index contributed by atoms with van der Waals surface area (Å²) in [5.74, 6) is 0.0906. The second-order valence-corrected chi connectivity index (χ2v) is 5.58. The van der Waals surface area contributed by atoms with E-state index in [0.717, 1.165) is 12.8 Å². The van der Waals surface area contributed by atoms with E-state index in [-0.39, 0.29) is 5.75 Å². The van der Waals surface area contributed by atoms with E-state index in [1.165, 1.54) is 32.1 Å². The van der Waals surface area contributed by atoms with E-state index >= 15 is 0 Å². The number of aromatic hydroxyl groups is 1. The Kier molecular flexibility index (Phi) is 5.85. The summed E-state index contributed by atoms with van der Waals surface area (Å²) in [6.07, 6.45) is 8.90. The Morgan fingerprint density at radius 3 is 2.43 bits per heavy atom. The zero-order chi connectivity index (χ0) is 15.1. The molecule has 2 aromatic rings. The summed E-state index contributed by atoms with van der Waals surface area (Å²) in [5.41, 5.74) is 0.461. The average Bonchev–Trinajstić information content (AvgIpc) is 2.49. The maximum Gasteiger partial charge on any atom is 0.343 e. The van der Waals surface area contributed by atoms with E-state index in [9.17, 15) is 9.90 Å². The lowest BCUT2D eigenvalue weighted by Crippen LogP contribution is -2.07. The van der Waals surface area contributed by atoms with Gasteiger partial charge in [0.2, 0.25) is 0 Å². The normalized spacial score (nSPS) is 11.1. The molecule has 2 rings (SSSR count). The van der Waals surface area contributed by atoms with Gasteiger partial charge in [0.1, 0.15) is 11.3 Å². The van der Waals surface area contributed by atoms with Crippen LogP contribution in [0, 0.1) is 0 Å². The minimum Gasteiger partial charge on any atom is -0.507 e. The molecule has 0 spiro atoms. The Bertz CT molecular complexity index is 628. The third-order valence-corrected chi connectivity index (χ3v) is 3.91. The number of para-hydroxylation sites is 1. The van der Waals surface area contributed by atoms with Crippen LogP contribution in [-0.2, 0) is 6.42 Å². The van der Waals surface area contributed by atoms with E-state index in [0.29, 0.717) is 23.0 Å². The third kappa shape index (κ3) is 4.10. The maximum absolute atomic E-state index is 11.9. The minimum atomic E-state index is -0.405. The number of unbranched alkanes of at least 4 members (excludes halogenated alkanes) is 6. The lowest BCUT2D eigenvalue weighted by atomic mass is 10.0. The second-order valence-electron chi connectivity index (χ2n) is 5.58. The Morgan fingerprint density at radius 1 is 1.00 bits per heavy atom. The standard InChI is InChI=1S/C18H24O3/c1-2-3-4-5-6-7-8-12-15-17(19)14-11-9-10-13-16(14)21-18(15)20/h9-11,13,19H,2-8,12H2,1H3. The summed E-state index contributed by atoms with van der Waals surface area (Å²) in [6.45, 7) is 2.21. The summed E-state index contributed by atoms with van der Waals surface area (Å²) in [5, 5.41) is 10.9. The van der Waals surface area contributed by atoms with Crippen LogP contribution in [0.5, 0.6) is 5.75 Å². The van der Waals surface area contributed by atoms with Crippen molar-refractivity contribution in [2.75, 3.05) is 0 Å². The largest absolute Gasteiger partial charge is 0.507 e. The van der Waals surface area contributed by atoms with Crippen LogP contribution in [0.15, 0.2) is 33.5 Å². The molecule has 1 heterocycles. The number of rotatable bonds is 8. The highest BCUT2D eigenvalue weighted by Crippen LogP contribution is 2.27. The van der Waals surface area contributed by atoms with Crippen LogP contribution in [0.1, 0.15) is 57.4 Å². The Morgan fingerprint density at radius 2 is 1.67 bits per heavy atom. The van der Waals surface area contributed by atoms with Crippen LogP contribution in [0.3, 0.4) is 0 Å². The summed E-state index contributed by atoms with van der Waals surface area (Å²) >= 11 is 0. The van der Waals surface area contributed by atoms with Gasteiger partial charge in [-0.15, -0.1) is 0 Å². The molecule has 3 nitrogen and oxygen atoms in total. The van der Waals surface area contributed by atoms with Crippen LogP contribution in [0.4, 0.5) is 0 Å². The van der Waals surface area contributed by atoms with Gasteiger partial charge >= 0.3 is 5.63 Å². The molecule has 0 saturated heterocycles. The van der Waals surface area contributed by atoms with Crippen molar-refractivity contribution in [2.24, 2.45) is 0 Å². The molecule has 1 aromatic carbocycles. The lowest BCUT2D eigenvalue weighted by molar-refractivity contribution is 0.453. The van der Waals surface area contributed by atoms with E-state index in [1.54, 1.807) is 18.2 Å². The third-order valence-electron chi connectivity index (χ3n) is 3.91. The van der Waals surface area contributed by atoms with Gasteiger partial charge in [-0.1, -0.05) is 57.6 Å². The molecule has 0 saturated carbocycles. The first kappa shape index (κ1) is 15.6. The SMILES string of the molecule is CCCCCCCCCc1c(O)c2ccccc2oc1=O. The number of hydrogen-bond acceptors (Lipinski definition) is 3. The van der Waals surface area contributed by atoms with Gasteiger partial charge in [-0.05, 0) is 25.0 Å². The summed E-state index contributed by atoms with van der Waals surface area (Å²) in [7, 11) is 0. The lowest BCUT2D eigenvalue weighted by Gasteiger charge is -2.06. The zero-order valence-electron chi connectivity index (χ0n) is 12.7. The van der Waals surface area contributed by atoms with Gasteiger partial charge < -0.3 is 9.52 Å². The van der Waals surface area contributed by atoms with E-state index in [2.05, 4.69) is 6.92 Å². The van der Waals surface area contributed by atoms with Crippen molar-refractivity contribution in [1.29, 1.82) is 0 Å². The molecule has 3 heteroatoms. The maximum atomic E-state index is 11.9. The smallest absolute Gasteiger partial charge is 0.343 e. The van der Waals surface area contributed by atoms with Gasteiger partial charge in [0.15, 0.2) is 0 Å². The molecule has 1 aromatic heterocycles. The summed E-state index contributed by atoms with van der Waals surface area (Å²) < 4.78 is 5.27. The van der Waals surface area contributed by atoms with Gasteiger partial charge in [-0.2, -0.15) is 0 Å². The molecule has 21 heavy (non-hydrogen) atoms. The minimum absolute atomic E-state index is 0.0906. The number of hydrogen-bond donors (Lipinski definition) is 1. The van der Waals surface area contributed by atoms with Crippen molar-refractivity contribution in [2.45, 2.75) is 58.3 Å². The molecule has 0 atom stereocenters. The monoisotopic (exact) mass is 288 g/mol. The van der Waals surface area contributed by atoms with Crippen molar-refractivity contribution < 1.29 is 9.52 Å². The fourth-order valence-electron chi connectivity index (χ4n) is 2.65. The first-order valence-corrected chi connectivity index (χ1v) is 7.97. The topological polar surface area (TPSA) is 50.4 Å². The van der Waals surface area contributed by atoms with Gasteiger partial charge in [0.25, 0.3) is 0 Å². The fraction of sp³-hybridized carbons (Fsp3) is 0.500. The van der Waals surface area contributed by atoms with Crippen molar-refractivity contribution in [3.63, 3.8) is 0 Å². The van der Waals surface area contributed by atoms with Gasteiger partial charge in [0, 0.05) is 0 Å². The molecule has 1 N–H and O–H groups in total. The van der Waals surface area contributed by atoms with E-state index in [4.69, 9.17) is 4.42 Å². The quantitative estimate of drug-likeness (QED) is 0.561. The van der Waals surface area contributed by atoms with Crippen LogP contribution < -0.4 is 5.63 Å². The van der Waals surface area contributed by atoms with E-state index < -0.39 is 5.63 Å². The van der Waals surface area contributed by atoms with Crippen LogP contribution in [-0.4, -0.2) is 5.11 Å². The highest BCUT2D eigenvalue weighted by atomic mass is 16.4. The van der Waals surface area contributed by atoms with Gasteiger partial charge in [0.05, 0.1) is 10.9 Å². The fourth-order valence-corrected chi connectivity index (χ4v) is 2.65. The highest BCUT2D eigenvalue weighted by molar-refractivity contribution is 5.83. The van der Waals surface area contributed by atoms with Gasteiger partial charge in [-0.25, -0.2) is 4.79 Å². The van der Waals surface area contributed by atoms with Crippen LogP contribution >= 0.6 is 0 Å². The molecule has 0 bridgehead atoms. The van der Waals surface area contributed by atoms with Crippen molar-refractivity contribution in [3.8, 4) is 5.75 Å². The highest BCUT2D eigenvalue weighted by Gasteiger charge is 2.12.